The first-order chi connectivity index (χ1) is 16.6. The number of hydrogen-bond acceptors (Lipinski definition) is 5. The first kappa shape index (κ1) is 23.8. The molecule has 2 heterocycles. The largest absolute Gasteiger partial charge is 0.376 e. The maximum Gasteiger partial charge on any atom is 0.253 e. The molecule has 3 amide bonds. The van der Waals surface area contributed by atoms with Gasteiger partial charge in [0.1, 0.15) is 0 Å². The fraction of sp³-hybridized carbons (Fsp3) is 0.423. The number of rotatable bonds is 8. The maximum atomic E-state index is 12.6. The van der Waals surface area contributed by atoms with Gasteiger partial charge in [-0.25, -0.2) is 0 Å². The Morgan fingerprint density at radius 1 is 0.912 bits per heavy atom. The average molecular weight is 465 g/mol. The fourth-order valence-corrected chi connectivity index (χ4v) is 4.25. The van der Waals surface area contributed by atoms with Crippen molar-refractivity contribution < 1.29 is 19.1 Å². The molecule has 0 radical (unpaired) electrons. The molecule has 8 heteroatoms. The lowest BCUT2D eigenvalue weighted by atomic mass is 10.1. The summed E-state index contributed by atoms with van der Waals surface area (Å²) in [5, 5.41) is 8.78. The summed E-state index contributed by atoms with van der Waals surface area (Å²) < 4.78 is 5.53. The first-order valence-corrected chi connectivity index (χ1v) is 12.0. The summed E-state index contributed by atoms with van der Waals surface area (Å²) in [6.07, 6.45) is 5.37. The van der Waals surface area contributed by atoms with Gasteiger partial charge in [0.15, 0.2) is 0 Å². The van der Waals surface area contributed by atoms with Crippen LogP contribution in [0, 0.1) is 0 Å². The second kappa shape index (κ2) is 11.7. The van der Waals surface area contributed by atoms with Crippen molar-refractivity contribution in [2.75, 3.05) is 43.4 Å². The zero-order valence-corrected chi connectivity index (χ0v) is 19.3. The van der Waals surface area contributed by atoms with Gasteiger partial charge < -0.3 is 25.6 Å². The SMILES string of the molecule is O=C(CNc1cccc(C(=O)NCC2CCCO2)c1)Nc1ccc(C(=O)N2CCCCC2)cc1. The highest BCUT2D eigenvalue weighted by Gasteiger charge is 2.18. The van der Waals surface area contributed by atoms with E-state index in [9.17, 15) is 14.4 Å². The van der Waals surface area contributed by atoms with E-state index in [0.29, 0.717) is 29.0 Å². The van der Waals surface area contributed by atoms with Gasteiger partial charge >= 0.3 is 0 Å². The van der Waals surface area contributed by atoms with E-state index in [4.69, 9.17) is 4.74 Å². The molecule has 2 aliphatic heterocycles. The van der Waals surface area contributed by atoms with Crippen LogP contribution in [0.1, 0.15) is 52.8 Å². The number of anilines is 2. The zero-order valence-electron chi connectivity index (χ0n) is 19.3. The number of benzene rings is 2. The lowest BCUT2D eigenvalue weighted by Crippen LogP contribution is -2.35. The summed E-state index contributed by atoms with van der Waals surface area (Å²) in [5.74, 6) is -0.343. The smallest absolute Gasteiger partial charge is 0.253 e. The van der Waals surface area contributed by atoms with Gasteiger partial charge in [-0.05, 0) is 74.6 Å². The summed E-state index contributed by atoms with van der Waals surface area (Å²) in [7, 11) is 0. The van der Waals surface area contributed by atoms with Gasteiger partial charge in [0, 0.05) is 48.7 Å². The topological polar surface area (TPSA) is 99.8 Å². The quantitative estimate of drug-likeness (QED) is 0.557. The predicted molar refractivity (Wildman–Crippen MR) is 131 cm³/mol. The first-order valence-electron chi connectivity index (χ1n) is 12.0. The highest BCUT2D eigenvalue weighted by atomic mass is 16.5. The number of hydrogen-bond donors (Lipinski definition) is 3. The fourth-order valence-electron chi connectivity index (χ4n) is 4.25. The van der Waals surface area contributed by atoms with Crippen molar-refractivity contribution in [3.63, 3.8) is 0 Å². The third-order valence-corrected chi connectivity index (χ3v) is 6.15. The Balaban J connectivity index is 1.24. The summed E-state index contributed by atoms with van der Waals surface area (Å²) in [4.78, 5) is 39.2. The minimum absolute atomic E-state index is 0.0407. The molecule has 2 saturated heterocycles. The van der Waals surface area contributed by atoms with Crippen LogP contribution in [0.3, 0.4) is 0 Å². The summed E-state index contributed by atoms with van der Waals surface area (Å²) >= 11 is 0. The van der Waals surface area contributed by atoms with E-state index >= 15 is 0 Å². The lowest BCUT2D eigenvalue weighted by molar-refractivity contribution is -0.114. The van der Waals surface area contributed by atoms with E-state index in [1.807, 2.05) is 11.0 Å². The molecule has 0 saturated carbocycles. The van der Waals surface area contributed by atoms with Crippen LogP contribution in [0.5, 0.6) is 0 Å². The van der Waals surface area contributed by atoms with Crippen LogP contribution in [-0.2, 0) is 9.53 Å². The normalized spacial score (nSPS) is 17.8. The van der Waals surface area contributed by atoms with Crippen LogP contribution in [0.25, 0.3) is 0 Å². The third-order valence-electron chi connectivity index (χ3n) is 6.15. The average Bonchev–Trinajstić information content (AvgIpc) is 3.41. The third kappa shape index (κ3) is 6.57. The molecule has 0 bridgehead atoms. The van der Waals surface area contributed by atoms with E-state index in [2.05, 4.69) is 16.0 Å². The van der Waals surface area contributed by atoms with Gasteiger partial charge in [-0.2, -0.15) is 0 Å². The van der Waals surface area contributed by atoms with E-state index in [0.717, 1.165) is 45.4 Å². The summed E-state index contributed by atoms with van der Waals surface area (Å²) in [6.45, 7) is 2.92. The number of nitrogens with zero attached hydrogens (tertiary/aromatic N) is 1. The van der Waals surface area contributed by atoms with Gasteiger partial charge in [0.05, 0.1) is 12.6 Å². The molecule has 0 aromatic heterocycles. The van der Waals surface area contributed by atoms with Crippen molar-refractivity contribution in [1.29, 1.82) is 0 Å². The molecule has 2 aromatic rings. The van der Waals surface area contributed by atoms with Gasteiger partial charge in [0.2, 0.25) is 5.91 Å². The van der Waals surface area contributed by atoms with Gasteiger partial charge in [0.25, 0.3) is 11.8 Å². The van der Waals surface area contributed by atoms with Crippen molar-refractivity contribution in [3.05, 3.63) is 59.7 Å². The summed E-state index contributed by atoms with van der Waals surface area (Å²) in [5.41, 5.74) is 2.47. The molecular formula is C26H32N4O4. The Labute approximate surface area is 200 Å². The Morgan fingerprint density at radius 2 is 1.71 bits per heavy atom. The molecule has 2 fully saturated rings. The molecule has 34 heavy (non-hydrogen) atoms. The van der Waals surface area contributed by atoms with Crippen LogP contribution >= 0.6 is 0 Å². The highest BCUT2D eigenvalue weighted by Crippen LogP contribution is 2.16. The van der Waals surface area contributed by atoms with E-state index < -0.39 is 0 Å². The molecule has 4 rings (SSSR count). The molecule has 180 valence electrons. The summed E-state index contributed by atoms with van der Waals surface area (Å²) in [6, 6.07) is 14.0. The van der Waals surface area contributed by atoms with Crippen LogP contribution in [0.2, 0.25) is 0 Å². The van der Waals surface area contributed by atoms with Crippen molar-refractivity contribution in [2.24, 2.45) is 0 Å². The van der Waals surface area contributed by atoms with Gasteiger partial charge in [-0.15, -0.1) is 0 Å². The van der Waals surface area contributed by atoms with Crippen LogP contribution in [-0.4, -0.2) is 61.5 Å². The number of ether oxygens (including phenoxy) is 1. The maximum absolute atomic E-state index is 12.6. The monoisotopic (exact) mass is 464 g/mol. The zero-order chi connectivity index (χ0) is 23.8. The molecule has 1 atom stereocenters. The number of likely N-dealkylation sites (tertiary alicyclic amines) is 1. The molecule has 0 aliphatic carbocycles. The minimum Gasteiger partial charge on any atom is -0.376 e. The van der Waals surface area contributed by atoms with E-state index in [1.54, 1.807) is 42.5 Å². The Kier molecular flexibility index (Phi) is 8.14. The van der Waals surface area contributed by atoms with Crippen LogP contribution in [0.15, 0.2) is 48.5 Å². The van der Waals surface area contributed by atoms with Crippen molar-refractivity contribution in [1.82, 2.24) is 10.2 Å². The highest BCUT2D eigenvalue weighted by molar-refractivity contribution is 5.97. The number of nitrogens with one attached hydrogen (secondary N) is 3. The van der Waals surface area contributed by atoms with Crippen molar-refractivity contribution in [2.45, 2.75) is 38.2 Å². The number of amides is 3. The Bertz CT molecular complexity index is 996. The molecule has 3 N–H and O–H groups in total. The van der Waals surface area contributed by atoms with Crippen molar-refractivity contribution in [3.8, 4) is 0 Å². The second-order valence-corrected chi connectivity index (χ2v) is 8.76. The molecular weight excluding hydrogens is 432 g/mol. The van der Waals surface area contributed by atoms with Gasteiger partial charge in [-0.1, -0.05) is 6.07 Å². The Morgan fingerprint density at radius 3 is 2.44 bits per heavy atom. The number of carbonyl (C=O) groups excluding carboxylic acids is 3. The van der Waals surface area contributed by atoms with E-state index in [1.165, 1.54) is 6.42 Å². The molecule has 2 aromatic carbocycles. The van der Waals surface area contributed by atoms with E-state index in [-0.39, 0.29) is 30.4 Å². The number of piperidine rings is 1. The molecule has 2 aliphatic rings. The predicted octanol–water partition coefficient (Wildman–Crippen LogP) is 3.27. The van der Waals surface area contributed by atoms with Crippen molar-refractivity contribution >= 4 is 29.1 Å². The van der Waals surface area contributed by atoms with Crippen LogP contribution in [0.4, 0.5) is 11.4 Å². The molecule has 0 spiro atoms. The van der Waals surface area contributed by atoms with Gasteiger partial charge in [-0.3, -0.25) is 14.4 Å². The van der Waals surface area contributed by atoms with Crippen LogP contribution < -0.4 is 16.0 Å². The lowest BCUT2D eigenvalue weighted by Gasteiger charge is -2.26. The second-order valence-electron chi connectivity index (χ2n) is 8.76. The minimum atomic E-state index is -0.219. The standard InChI is InChI=1S/C26H32N4O4/c31-24(29-21-11-9-19(10-12-21)26(33)30-13-2-1-3-14-30)18-27-22-7-4-6-20(16-22)25(32)28-17-23-8-5-15-34-23/h4,6-7,9-12,16,23,27H,1-3,5,8,13-15,17-18H2,(H,28,32)(H,29,31). The Hall–Kier alpha value is -3.39. The molecule has 8 nitrogen and oxygen atoms in total. The molecule has 1 unspecified atom stereocenters. The number of carbonyl (C=O) groups is 3.